The van der Waals surface area contributed by atoms with Gasteiger partial charge in [-0.2, -0.15) is 0 Å². The summed E-state index contributed by atoms with van der Waals surface area (Å²) < 4.78 is 15.1. The van der Waals surface area contributed by atoms with Crippen LogP contribution >= 0.6 is 0 Å². The minimum Gasteiger partial charge on any atom is -0.336 e. The van der Waals surface area contributed by atoms with E-state index in [4.69, 9.17) is 0 Å². The van der Waals surface area contributed by atoms with E-state index < -0.39 is 5.82 Å². The van der Waals surface area contributed by atoms with Crippen LogP contribution in [-0.4, -0.2) is 43.5 Å². The molecule has 0 fully saturated rings. The number of nitrogens with zero attached hydrogens (tertiary/aromatic N) is 5. The largest absolute Gasteiger partial charge is 0.336 e. The average Bonchev–Trinajstić information content (AvgIpc) is 3.22. The van der Waals surface area contributed by atoms with E-state index in [0.717, 1.165) is 17.5 Å². The van der Waals surface area contributed by atoms with Crippen molar-refractivity contribution in [2.75, 3.05) is 11.9 Å². The van der Waals surface area contributed by atoms with Gasteiger partial charge in [0.25, 0.3) is 0 Å². The van der Waals surface area contributed by atoms with Crippen molar-refractivity contribution >= 4 is 17.5 Å². The van der Waals surface area contributed by atoms with Gasteiger partial charge < -0.3 is 10.2 Å². The molecular weight excluding hydrogens is 375 g/mol. The summed E-state index contributed by atoms with van der Waals surface area (Å²) in [6.07, 6.45) is 2.10. The maximum atomic E-state index is 13.7. The molecule has 0 unspecified atom stereocenters. The van der Waals surface area contributed by atoms with Crippen LogP contribution in [0.4, 0.5) is 10.1 Å². The van der Waals surface area contributed by atoms with Crippen molar-refractivity contribution in [3.05, 3.63) is 71.3 Å². The number of halogens is 1. The number of rotatable bonds is 5. The maximum Gasteiger partial charge on any atom is 0.244 e. The van der Waals surface area contributed by atoms with Crippen LogP contribution in [0.15, 0.2) is 48.8 Å². The second-order valence-corrected chi connectivity index (χ2v) is 6.87. The molecule has 1 N–H and O–H groups in total. The Labute approximate surface area is 166 Å². The quantitative estimate of drug-likeness (QED) is 0.709. The Hall–Kier alpha value is -3.62. The zero-order valence-corrected chi connectivity index (χ0v) is 15.6. The molecule has 1 aliphatic heterocycles. The molecule has 3 aromatic rings. The number of amides is 2. The molecule has 1 aliphatic rings. The fraction of sp³-hybridized carbons (Fsp3) is 0.250. The molecule has 0 atom stereocenters. The Bertz CT molecular complexity index is 1040. The molecule has 4 rings (SSSR count). The SMILES string of the molecule is O=C(Cc1ccccc1F)Nc1ccc2c(c1)CN(C(=O)Cn1cnnn1)CC2. The van der Waals surface area contributed by atoms with Crippen molar-refractivity contribution in [2.45, 2.75) is 25.9 Å². The number of hydrogen-bond donors (Lipinski definition) is 1. The summed E-state index contributed by atoms with van der Waals surface area (Å²) in [6, 6.07) is 11.9. The van der Waals surface area contributed by atoms with Gasteiger partial charge in [0.1, 0.15) is 18.7 Å². The first-order chi connectivity index (χ1) is 14.1. The monoisotopic (exact) mass is 394 g/mol. The third-order valence-corrected chi connectivity index (χ3v) is 4.85. The van der Waals surface area contributed by atoms with Crippen molar-refractivity contribution in [3.8, 4) is 0 Å². The lowest BCUT2D eigenvalue weighted by molar-refractivity contribution is -0.133. The number of nitrogens with one attached hydrogen (secondary N) is 1. The molecule has 2 aromatic carbocycles. The normalized spacial score (nSPS) is 13.1. The molecule has 9 heteroatoms. The van der Waals surface area contributed by atoms with E-state index in [1.807, 2.05) is 18.2 Å². The topological polar surface area (TPSA) is 93.0 Å². The zero-order valence-electron chi connectivity index (χ0n) is 15.6. The summed E-state index contributed by atoms with van der Waals surface area (Å²) >= 11 is 0. The van der Waals surface area contributed by atoms with Crippen LogP contribution in [-0.2, 0) is 35.5 Å². The molecule has 8 nitrogen and oxygen atoms in total. The number of fused-ring (bicyclic) bond motifs is 1. The van der Waals surface area contributed by atoms with E-state index in [0.29, 0.717) is 24.3 Å². The molecule has 0 saturated heterocycles. The van der Waals surface area contributed by atoms with Gasteiger partial charge in [-0.3, -0.25) is 9.59 Å². The number of benzene rings is 2. The van der Waals surface area contributed by atoms with Crippen LogP contribution in [0.25, 0.3) is 0 Å². The molecule has 1 aromatic heterocycles. The summed E-state index contributed by atoms with van der Waals surface area (Å²) in [4.78, 5) is 26.5. The molecule has 2 amide bonds. The van der Waals surface area contributed by atoms with Gasteiger partial charge in [-0.15, -0.1) is 5.10 Å². The minimum absolute atomic E-state index is 0.0414. The summed E-state index contributed by atoms with van der Waals surface area (Å²) in [5.41, 5.74) is 3.09. The predicted octanol–water partition coefficient (Wildman–Crippen LogP) is 1.58. The lowest BCUT2D eigenvalue weighted by Crippen LogP contribution is -2.38. The maximum absolute atomic E-state index is 13.7. The van der Waals surface area contributed by atoms with E-state index in [-0.39, 0.29) is 24.8 Å². The van der Waals surface area contributed by atoms with Crippen LogP contribution in [0, 0.1) is 5.82 Å². The number of aromatic nitrogens is 4. The van der Waals surface area contributed by atoms with Gasteiger partial charge in [0.2, 0.25) is 11.8 Å². The molecule has 0 saturated carbocycles. The summed E-state index contributed by atoms with van der Waals surface area (Å²) in [5, 5.41) is 13.6. The lowest BCUT2D eigenvalue weighted by Gasteiger charge is -2.29. The van der Waals surface area contributed by atoms with E-state index in [2.05, 4.69) is 20.8 Å². The van der Waals surface area contributed by atoms with Gasteiger partial charge in [0.15, 0.2) is 0 Å². The molecule has 0 radical (unpaired) electrons. The van der Waals surface area contributed by atoms with Gasteiger partial charge in [-0.25, -0.2) is 9.07 Å². The molecule has 29 heavy (non-hydrogen) atoms. The highest BCUT2D eigenvalue weighted by Crippen LogP contribution is 2.23. The van der Waals surface area contributed by atoms with Gasteiger partial charge in [-0.05, 0) is 51.7 Å². The Morgan fingerprint density at radius 1 is 1.14 bits per heavy atom. The van der Waals surface area contributed by atoms with Crippen molar-refractivity contribution in [3.63, 3.8) is 0 Å². The van der Waals surface area contributed by atoms with Gasteiger partial charge in [-0.1, -0.05) is 24.3 Å². The number of carbonyl (C=O) groups is 2. The van der Waals surface area contributed by atoms with Crippen molar-refractivity contribution < 1.29 is 14.0 Å². The average molecular weight is 394 g/mol. The Morgan fingerprint density at radius 3 is 2.79 bits per heavy atom. The Morgan fingerprint density at radius 2 is 2.00 bits per heavy atom. The standard InChI is InChI=1S/C20H19FN6O2/c21-18-4-2-1-3-15(18)10-19(28)23-17-6-5-14-7-8-26(11-16(14)9-17)20(29)12-27-13-22-24-25-27/h1-6,9,13H,7-8,10-12H2,(H,23,28). The highest BCUT2D eigenvalue weighted by molar-refractivity contribution is 5.92. The Kier molecular flexibility index (Phi) is 5.28. The van der Waals surface area contributed by atoms with E-state index in [9.17, 15) is 14.0 Å². The second-order valence-electron chi connectivity index (χ2n) is 6.87. The zero-order chi connectivity index (χ0) is 20.2. The van der Waals surface area contributed by atoms with Crippen LogP contribution < -0.4 is 5.32 Å². The van der Waals surface area contributed by atoms with Crippen molar-refractivity contribution in [1.82, 2.24) is 25.1 Å². The third kappa shape index (κ3) is 4.45. The number of hydrogen-bond acceptors (Lipinski definition) is 5. The molecule has 148 valence electrons. The first-order valence-corrected chi connectivity index (χ1v) is 9.22. The predicted molar refractivity (Wildman–Crippen MR) is 102 cm³/mol. The molecule has 0 bridgehead atoms. The number of tetrazole rings is 1. The van der Waals surface area contributed by atoms with E-state index in [1.54, 1.807) is 23.1 Å². The first-order valence-electron chi connectivity index (χ1n) is 9.22. The number of carbonyl (C=O) groups excluding carboxylic acids is 2. The van der Waals surface area contributed by atoms with E-state index >= 15 is 0 Å². The van der Waals surface area contributed by atoms with Gasteiger partial charge in [0, 0.05) is 18.8 Å². The fourth-order valence-electron chi connectivity index (χ4n) is 3.36. The highest BCUT2D eigenvalue weighted by atomic mass is 19.1. The third-order valence-electron chi connectivity index (χ3n) is 4.85. The molecule has 2 heterocycles. The van der Waals surface area contributed by atoms with Crippen LogP contribution in [0.3, 0.4) is 0 Å². The summed E-state index contributed by atoms with van der Waals surface area (Å²) in [7, 11) is 0. The van der Waals surface area contributed by atoms with E-state index in [1.165, 1.54) is 17.1 Å². The van der Waals surface area contributed by atoms with Crippen molar-refractivity contribution in [2.24, 2.45) is 0 Å². The molecule has 0 aliphatic carbocycles. The molecular formula is C20H19FN6O2. The fourth-order valence-corrected chi connectivity index (χ4v) is 3.36. The summed E-state index contributed by atoms with van der Waals surface area (Å²) in [5.74, 6) is -0.765. The Balaban J connectivity index is 1.41. The first kappa shape index (κ1) is 18.7. The van der Waals surface area contributed by atoms with Crippen molar-refractivity contribution in [1.29, 1.82) is 0 Å². The van der Waals surface area contributed by atoms with Crippen LogP contribution in [0.2, 0.25) is 0 Å². The highest BCUT2D eigenvalue weighted by Gasteiger charge is 2.21. The second kappa shape index (κ2) is 8.17. The molecule has 0 spiro atoms. The van der Waals surface area contributed by atoms with Crippen LogP contribution in [0.5, 0.6) is 0 Å². The minimum atomic E-state index is -0.398. The smallest absolute Gasteiger partial charge is 0.244 e. The lowest BCUT2D eigenvalue weighted by atomic mass is 9.99. The summed E-state index contributed by atoms with van der Waals surface area (Å²) in [6.45, 7) is 1.15. The van der Waals surface area contributed by atoms with Crippen LogP contribution in [0.1, 0.15) is 16.7 Å². The number of anilines is 1. The van der Waals surface area contributed by atoms with Gasteiger partial charge >= 0.3 is 0 Å². The van der Waals surface area contributed by atoms with Gasteiger partial charge in [0.05, 0.1) is 6.42 Å².